The third-order valence-electron chi connectivity index (χ3n) is 8.86. The van der Waals surface area contributed by atoms with Crippen LogP contribution in [0.2, 0.25) is 0 Å². The first-order valence-corrected chi connectivity index (χ1v) is 16.8. The van der Waals surface area contributed by atoms with Crippen LogP contribution in [0.1, 0.15) is 22.3 Å². The zero-order chi connectivity index (χ0) is 34.5. The molecule has 8 aromatic rings. The van der Waals surface area contributed by atoms with Crippen LogP contribution in [-0.4, -0.2) is 19.1 Å². The first kappa shape index (κ1) is 35.3. The Morgan fingerprint density at radius 1 is 0.490 bits per heavy atom. The summed E-state index contributed by atoms with van der Waals surface area (Å²) in [6.45, 7) is 8.54. The Bertz CT molecular complexity index is 2370. The van der Waals surface area contributed by atoms with Gasteiger partial charge in [-0.1, -0.05) is 120 Å². The first-order chi connectivity index (χ1) is 24.5. The summed E-state index contributed by atoms with van der Waals surface area (Å²) < 4.78 is 4.26. The predicted molar refractivity (Wildman–Crippen MR) is 205 cm³/mol. The smallest absolute Gasteiger partial charge is 0.391 e. The molecule has 0 bridgehead atoms. The third kappa shape index (κ3) is 7.77. The summed E-state index contributed by atoms with van der Waals surface area (Å²) >= 11 is 0. The average molecular weight is 842 g/mol. The maximum Gasteiger partial charge on any atom is 2.00 e. The van der Waals surface area contributed by atoms with Crippen molar-refractivity contribution in [3.8, 4) is 56.4 Å². The molecule has 0 aliphatic heterocycles. The van der Waals surface area contributed by atoms with Crippen molar-refractivity contribution in [1.82, 2.24) is 19.1 Å². The molecule has 8 rings (SSSR count). The zero-order valence-corrected chi connectivity index (χ0v) is 31.4. The monoisotopic (exact) mass is 841 g/mol. The maximum atomic E-state index is 4.70. The predicted octanol–water partition coefficient (Wildman–Crippen LogP) is 11.2. The molecule has 0 saturated heterocycles. The quantitative estimate of drug-likeness (QED) is 0.156. The molecule has 4 aromatic carbocycles. The van der Waals surface area contributed by atoms with E-state index >= 15 is 0 Å². The van der Waals surface area contributed by atoms with Crippen LogP contribution in [-0.2, 0) is 21.1 Å². The molecule has 0 radical (unpaired) electrons. The molecule has 51 heavy (non-hydrogen) atoms. The normalized spacial score (nSPS) is 10.6. The Labute approximate surface area is 315 Å². The Balaban J connectivity index is 0.000000172. The minimum Gasteiger partial charge on any atom is -0.391 e. The van der Waals surface area contributed by atoms with Gasteiger partial charge in [0.2, 0.25) is 0 Å². The van der Waals surface area contributed by atoms with Crippen molar-refractivity contribution < 1.29 is 21.1 Å². The Kier molecular flexibility index (Phi) is 11.0. The summed E-state index contributed by atoms with van der Waals surface area (Å²) in [4.78, 5) is 9.30. The van der Waals surface area contributed by atoms with Crippen LogP contribution < -0.4 is 0 Å². The van der Waals surface area contributed by atoms with Gasteiger partial charge in [0, 0.05) is 23.8 Å². The average Bonchev–Trinajstić information content (AvgIpc) is 3.86. The topological polar surface area (TPSA) is 35.6 Å². The van der Waals surface area contributed by atoms with Crippen LogP contribution in [0.15, 0.2) is 158 Å². The first-order valence-electron chi connectivity index (χ1n) is 16.8. The molecule has 5 heteroatoms. The number of aromatic nitrogens is 4. The van der Waals surface area contributed by atoms with Gasteiger partial charge in [-0.3, -0.25) is 0 Å². The van der Waals surface area contributed by atoms with Gasteiger partial charge in [-0.25, -0.2) is 0 Å². The standard InChI is InChI=1S/2C23H19N2.Pt/c1-17-12-13-18(2)21(16-17)20-10-6-14-24-23(20)22-11-7-15-25(22)19-8-4-3-5-9-19;1-17-10-11-18(2)21(15-17)19-12-13-24-22(16-19)23-9-6-14-25(23)20-7-4-3-5-8-20;/h3-10,12-16H,1-2H3;3-8,10-16H,1-2H3;/q2*-1;+2. The van der Waals surface area contributed by atoms with Crippen molar-refractivity contribution >= 4 is 0 Å². The summed E-state index contributed by atoms with van der Waals surface area (Å²) in [7, 11) is 0. The van der Waals surface area contributed by atoms with E-state index in [1.54, 1.807) is 0 Å². The Morgan fingerprint density at radius 2 is 1.06 bits per heavy atom. The molecule has 0 N–H and O–H groups in total. The van der Waals surface area contributed by atoms with Crippen LogP contribution >= 0.6 is 0 Å². The largest absolute Gasteiger partial charge is 2.00 e. The van der Waals surface area contributed by atoms with Gasteiger partial charge in [-0.15, -0.1) is 0 Å². The fourth-order valence-electron chi connectivity index (χ4n) is 6.27. The van der Waals surface area contributed by atoms with Crippen LogP contribution in [0, 0.1) is 39.8 Å². The minimum absolute atomic E-state index is 0. The van der Waals surface area contributed by atoms with Gasteiger partial charge >= 0.3 is 21.1 Å². The molecule has 252 valence electrons. The summed E-state index contributed by atoms with van der Waals surface area (Å²) in [6, 6.07) is 52.6. The van der Waals surface area contributed by atoms with Crippen molar-refractivity contribution in [2.45, 2.75) is 27.7 Å². The Morgan fingerprint density at radius 3 is 1.71 bits per heavy atom. The van der Waals surface area contributed by atoms with Crippen molar-refractivity contribution in [1.29, 1.82) is 0 Å². The number of pyridine rings is 2. The molecule has 0 fully saturated rings. The summed E-state index contributed by atoms with van der Waals surface area (Å²) in [6.07, 6.45) is 7.78. The number of aryl methyl sites for hydroxylation is 4. The van der Waals surface area contributed by atoms with Crippen molar-refractivity contribution in [2.75, 3.05) is 0 Å². The molecule has 0 atom stereocenters. The number of para-hydroxylation sites is 2. The van der Waals surface area contributed by atoms with Crippen LogP contribution in [0.25, 0.3) is 56.4 Å². The van der Waals surface area contributed by atoms with E-state index in [1.165, 1.54) is 38.9 Å². The Hall–Kier alpha value is -5.57. The molecule has 0 aliphatic rings. The van der Waals surface area contributed by atoms with Crippen molar-refractivity contribution in [3.05, 3.63) is 193 Å². The fourth-order valence-corrected chi connectivity index (χ4v) is 6.27. The molecular formula is C46H38N4Pt. The SMILES string of the molecule is Cc1ccc(C)c(-c2cccnc2-c2[c-]ccn2-c2ccccc2)c1.Cc1ccc(C)c(-c2ccnc(-c3[c-]ccn3-c3ccccc3)c2)c1.[Pt+2]. The molecule has 0 unspecified atom stereocenters. The van der Waals surface area contributed by atoms with Gasteiger partial charge < -0.3 is 19.1 Å². The molecule has 4 nitrogen and oxygen atoms in total. The van der Waals surface area contributed by atoms with E-state index in [0.29, 0.717) is 0 Å². The number of rotatable bonds is 6. The second-order valence-electron chi connectivity index (χ2n) is 12.5. The van der Waals surface area contributed by atoms with E-state index < -0.39 is 0 Å². The second-order valence-corrected chi connectivity index (χ2v) is 12.5. The second kappa shape index (κ2) is 16.0. The van der Waals surface area contributed by atoms with Gasteiger partial charge in [0.05, 0.1) is 0 Å². The fraction of sp³-hybridized carbons (Fsp3) is 0.0870. The zero-order valence-electron chi connectivity index (χ0n) is 29.1. The summed E-state index contributed by atoms with van der Waals surface area (Å²) in [5.41, 5.74) is 15.8. The van der Waals surface area contributed by atoms with E-state index in [4.69, 9.17) is 4.98 Å². The van der Waals surface area contributed by atoms with E-state index in [-0.39, 0.29) is 21.1 Å². The molecule has 0 saturated carbocycles. The summed E-state index contributed by atoms with van der Waals surface area (Å²) in [5, 5.41) is 0. The summed E-state index contributed by atoms with van der Waals surface area (Å²) in [5.74, 6) is 0. The number of nitrogens with zero attached hydrogens (tertiary/aromatic N) is 4. The van der Waals surface area contributed by atoms with Crippen molar-refractivity contribution in [3.63, 3.8) is 0 Å². The van der Waals surface area contributed by atoms with Gasteiger partial charge in [-0.2, -0.15) is 24.3 Å². The van der Waals surface area contributed by atoms with E-state index in [0.717, 1.165) is 39.7 Å². The molecule has 4 heterocycles. The van der Waals surface area contributed by atoms with E-state index in [2.05, 4.69) is 133 Å². The number of benzene rings is 4. The molecular weight excluding hydrogens is 804 g/mol. The molecule has 4 aromatic heterocycles. The number of hydrogen-bond acceptors (Lipinski definition) is 2. The van der Waals surface area contributed by atoms with E-state index in [1.807, 2.05) is 79.4 Å². The van der Waals surface area contributed by atoms with Gasteiger partial charge in [-0.05, 0) is 109 Å². The van der Waals surface area contributed by atoms with Gasteiger partial charge in [0.1, 0.15) is 0 Å². The molecule has 0 spiro atoms. The van der Waals surface area contributed by atoms with Gasteiger partial charge in [0.15, 0.2) is 0 Å². The minimum atomic E-state index is 0. The third-order valence-corrected chi connectivity index (χ3v) is 8.86. The molecule has 0 aliphatic carbocycles. The van der Waals surface area contributed by atoms with Crippen LogP contribution in [0.4, 0.5) is 0 Å². The van der Waals surface area contributed by atoms with Crippen LogP contribution in [0.3, 0.4) is 0 Å². The van der Waals surface area contributed by atoms with Crippen molar-refractivity contribution in [2.24, 2.45) is 0 Å². The molecule has 0 amide bonds. The number of hydrogen-bond donors (Lipinski definition) is 0. The van der Waals surface area contributed by atoms with Gasteiger partial charge in [0.25, 0.3) is 0 Å². The maximum absolute atomic E-state index is 4.70. The van der Waals surface area contributed by atoms with Crippen LogP contribution in [0.5, 0.6) is 0 Å². The van der Waals surface area contributed by atoms with E-state index in [9.17, 15) is 0 Å².